The van der Waals surface area contributed by atoms with E-state index >= 15 is 0 Å². The Hall–Kier alpha value is -1.97. The van der Waals surface area contributed by atoms with Crippen LogP contribution in [-0.4, -0.2) is 16.3 Å². The molecule has 0 saturated heterocycles. The van der Waals surface area contributed by atoms with E-state index in [2.05, 4.69) is 21.7 Å². The lowest BCUT2D eigenvalue weighted by molar-refractivity contribution is 0.174. The van der Waals surface area contributed by atoms with Crippen molar-refractivity contribution in [2.75, 3.05) is 6.79 Å². The van der Waals surface area contributed by atoms with Crippen molar-refractivity contribution in [3.05, 3.63) is 30.7 Å². The third-order valence-corrected chi connectivity index (χ3v) is 4.30. The number of ether oxygens (including phenoxy) is 2. The van der Waals surface area contributed by atoms with Crippen LogP contribution in [0.4, 0.5) is 0 Å². The summed E-state index contributed by atoms with van der Waals surface area (Å²) in [4.78, 5) is 4.36. The van der Waals surface area contributed by atoms with Crippen molar-refractivity contribution in [3.63, 3.8) is 0 Å². The minimum absolute atomic E-state index is 0.320. The Morgan fingerprint density at radius 3 is 2.80 bits per heavy atom. The zero-order chi connectivity index (χ0) is 13.4. The number of fused-ring (bicyclic) bond motifs is 1. The van der Waals surface area contributed by atoms with Crippen LogP contribution in [0.25, 0.3) is 11.3 Å². The highest BCUT2D eigenvalue weighted by atomic mass is 16.7. The molecule has 1 fully saturated rings. The first kappa shape index (κ1) is 11.8. The van der Waals surface area contributed by atoms with Crippen molar-refractivity contribution in [3.8, 4) is 22.8 Å². The van der Waals surface area contributed by atoms with Gasteiger partial charge in [0.15, 0.2) is 11.5 Å². The van der Waals surface area contributed by atoms with Gasteiger partial charge in [0.05, 0.1) is 18.2 Å². The Morgan fingerprint density at radius 2 is 1.90 bits per heavy atom. The molecule has 0 bridgehead atoms. The van der Waals surface area contributed by atoms with Gasteiger partial charge in [-0.2, -0.15) is 0 Å². The number of imidazole rings is 1. The summed E-state index contributed by atoms with van der Waals surface area (Å²) in [6, 6.07) is 6.71. The van der Waals surface area contributed by atoms with Gasteiger partial charge in [-0.1, -0.05) is 19.3 Å². The van der Waals surface area contributed by atoms with Gasteiger partial charge in [-0.25, -0.2) is 4.98 Å². The number of aromatic nitrogens is 2. The molecule has 2 aliphatic rings. The van der Waals surface area contributed by atoms with E-state index in [4.69, 9.17) is 9.47 Å². The molecule has 1 aromatic heterocycles. The smallest absolute Gasteiger partial charge is 0.231 e. The van der Waals surface area contributed by atoms with Crippen LogP contribution in [0.3, 0.4) is 0 Å². The maximum atomic E-state index is 5.47. The second kappa shape index (κ2) is 4.85. The van der Waals surface area contributed by atoms with Crippen LogP contribution in [-0.2, 0) is 0 Å². The lowest BCUT2D eigenvalue weighted by Crippen LogP contribution is -2.12. The van der Waals surface area contributed by atoms with Crippen molar-refractivity contribution < 1.29 is 9.47 Å². The molecule has 20 heavy (non-hydrogen) atoms. The molecule has 4 nitrogen and oxygen atoms in total. The summed E-state index contributed by atoms with van der Waals surface area (Å²) in [5, 5.41) is 0. The number of rotatable bonds is 2. The Balaban J connectivity index is 1.70. The molecular weight excluding hydrogens is 252 g/mol. The van der Waals surface area contributed by atoms with Crippen molar-refractivity contribution in [2.24, 2.45) is 0 Å². The Labute approximate surface area is 118 Å². The van der Waals surface area contributed by atoms with Crippen molar-refractivity contribution in [1.82, 2.24) is 9.55 Å². The summed E-state index contributed by atoms with van der Waals surface area (Å²) in [7, 11) is 0. The van der Waals surface area contributed by atoms with E-state index in [9.17, 15) is 0 Å². The van der Waals surface area contributed by atoms with E-state index in [1.807, 2.05) is 18.6 Å². The van der Waals surface area contributed by atoms with Gasteiger partial charge in [-0.05, 0) is 31.0 Å². The predicted molar refractivity (Wildman–Crippen MR) is 75.9 cm³/mol. The fraction of sp³-hybridized carbons (Fsp3) is 0.438. The summed E-state index contributed by atoms with van der Waals surface area (Å²) in [6.07, 6.45) is 10.4. The molecule has 4 rings (SSSR count). The van der Waals surface area contributed by atoms with E-state index < -0.39 is 0 Å². The van der Waals surface area contributed by atoms with Gasteiger partial charge in [0, 0.05) is 11.6 Å². The highest BCUT2D eigenvalue weighted by Gasteiger charge is 2.20. The third-order valence-electron chi connectivity index (χ3n) is 4.30. The summed E-state index contributed by atoms with van der Waals surface area (Å²) in [5.74, 6) is 1.66. The lowest BCUT2D eigenvalue weighted by Gasteiger charge is -2.24. The van der Waals surface area contributed by atoms with Crippen LogP contribution in [0.2, 0.25) is 0 Å². The second-order valence-electron chi connectivity index (χ2n) is 5.55. The van der Waals surface area contributed by atoms with Crippen molar-refractivity contribution >= 4 is 0 Å². The summed E-state index contributed by atoms with van der Waals surface area (Å²) >= 11 is 0. The number of hydrogen-bond donors (Lipinski definition) is 0. The quantitative estimate of drug-likeness (QED) is 0.833. The molecule has 2 heterocycles. The molecule has 0 spiro atoms. The topological polar surface area (TPSA) is 36.3 Å². The number of hydrogen-bond acceptors (Lipinski definition) is 3. The van der Waals surface area contributed by atoms with Crippen LogP contribution >= 0.6 is 0 Å². The first-order valence-electron chi connectivity index (χ1n) is 7.34. The first-order valence-corrected chi connectivity index (χ1v) is 7.34. The largest absolute Gasteiger partial charge is 0.454 e. The monoisotopic (exact) mass is 270 g/mol. The number of nitrogens with zero attached hydrogens (tertiary/aromatic N) is 2. The summed E-state index contributed by atoms with van der Waals surface area (Å²) < 4.78 is 13.2. The van der Waals surface area contributed by atoms with E-state index in [0.29, 0.717) is 12.8 Å². The fourth-order valence-electron chi connectivity index (χ4n) is 3.23. The molecule has 1 saturated carbocycles. The van der Waals surface area contributed by atoms with Gasteiger partial charge in [-0.3, -0.25) is 0 Å². The lowest BCUT2D eigenvalue weighted by atomic mass is 9.95. The van der Waals surface area contributed by atoms with Crippen LogP contribution in [0.5, 0.6) is 11.5 Å². The Morgan fingerprint density at radius 1 is 1.05 bits per heavy atom. The van der Waals surface area contributed by atoms with E-state index in [1.165, 1.54) is 37.8 Å². The average Bonchev–Trinajstić information content (AvgIpc) is 3.16. The molecule has 1 aromatic carbocycles. The Bertz CT molecular complexity index is 615. The molecule has 4 heteroatoms. The van der Waals surface area contributed by atoms with Crippen molar-refractivity contribution in [2.45, 2.75) is 38.1 Å². The molecule has 1 aliphatic heterocycles. The molecule has 2 aromatic rings. The van der Waals surface area contributed by atoms with Gasteiger partial charge < -0.3 is 14.0 Å². The van der Waals surface area contributed by atoms with E-state index in [0.717, 1.165) is 17.1 Å². The van der Waals surface area contributed by atoms with Gasteiger partial charge in [-0.15, -0.1) is 0 Å². The Kier molecular flexibility index (Phi) is 2.87. The second-order valence-corrected chi connectivity index (χ2v) is 5.55. The summed E-state index contributed by atoms with van der Waals surface area (Å²) in [5.41, 5.74) is 2.33. The maximum absolute atomic E-state index is 5.47. The standard InChI is InChI=1S/C16H18N2O2/c1-2-4-13(5-3-1)18-10-17-9-14(18)12-6-7-15-16(8-12)20-11-19-15/h6-10,13H,1-5,11H2. The van der Waals surface area contributed by atoms with E-state index in [-0.39, 0.29) is 0 Å². The highest BCUT2D eigenvalue weighted by Crippen LogP contribution is 2.37. The molecule has 0 atom stereocenters. The summed E-state index contributed by atoms with van der Waals surface area (Å²) in [6.45, 7) is 0.320. The maximum Gasteiger partial charge on any atom is 0.231 e. The minimum Gasteiger partial charge on any atom is -0.454 e. The molecule has 0 N–H and O–H groups in total. The molecule has 0 amide bonds. The van der Waals surface area contributed by atoms with Crippen LogP contribution in [0.15, 0.2) is 30.7 Å². The predicted octanol–water partition coefficient (Wildman–Crippen LogP) is 3.78. The molecule has 0 radical (unpaired) electrons. The molecule has 104 valence electrons. The van der Waals surface area contributed by atoms with Crippen LogP contribution in [0.1, 0.15) is 38.1 Å². The van der Waals surface area contributed by atoms with Gasteiger partial charge in [0.2, 0.25) is 6.79 Å². The van der Waals surface area contributed by atoms with Gasteiger partial charge in [0.25, 0.3) is 0 Å². The first-order chi connectivity index (χ1) is 9.92. The zero-order valence-electron chi connectivity index (χ0n) is 11.4. The fourth-order valence-corrected chi connectivity index (χ4v) is 3.23. The van der Waals surface area contributed by atoms with Crippen LogP contribution in [0, 0.1) is 0 Å². The van der Waals surface area contributed by atoms with Gasteiger partial charge in [0.1, 0.15) is 0 Å². The van der Waals surface area contributed by atoms with Crippen molar-refractivity contribution in [1.29, 1.82) is 0 Å². The molecule has 1 aliphatic carbocycles. The zero-order valence-corrected chi connectivity index (χ0v) is 11.4. The molecule has 0 unspecified atom stereocenters. The average molecular weight is 270 g/mol. The van der Waals surface area contributed by atoms with Gasteiger partial charge >= 0.3 is 0 Å². The van der Waals surface area contributed by atoms with Crippen LogP contribution < -0.4 is 9.47 Å². The normalized spacial score (nSPS) is 18.4. The SMILES string of the molecule is c1cc2c(cc1-c1cncn1C1CCCCC1)OCO2. The highest BCUT2D eigenvalue weighted by molar-refractivity contribution is 5.64. The minimum atomic E-state index is 0.320. The van der Waals surface area contributed by atoms with E-state index in [1.54, 1.807) is 0 Å². The third kappa shape index (κ3) is 1.96. The number of benzene rings is 1. The molecular formula is C16H18N2O2.